The van der Waals surface area contributed by atoms with Crippen LogP contribution in [-0.2, 0) is 4.79 Å². The van der Waals surface area contributed by atoms with E-state index in [4.69, 9.17) is 11.6 Å². The van der Waals surface area contributed by atoms with Gasteiger partial charge in [-0.15, -0.1) is 10.2 Å². The number of hydrogen-bond donors (Lipinski definition) is 2. The van der Waals surface area contributed by atoms with E-state index < -0.39 is 0 Å². The molecule has 4 rings (SSSR count). The molecule has 1 aliphatic rings. The Morgan fingerprint density at radius 2 is 1.90 bits per heavy atom. The second kappa shape index (κ2) is 8.47. The fraction of sp³-hybridized carbons (Fsp3) is 0.286. The van der Waals surface area contributed by atoms with Gasteiger partial charge in [0.25, 0.3) is 0 Å². The fourth-order valence-electron chi connectivity index (χ4n) is 3.15. The van der Waals surface area contributed by atoms with Crippen molar-refractivity contribution < 1.29 is 4.79 Å². The van der Waals surface area contributed by atoms with Crippen molar-refractivity contribution in [3.05, 3.63) is 65.2 Å². The fourth-order valence-corrected chi connectivity index (χ4v) is 4.39. The molecule has 0 radical (unpaired) electrons. The first-order valence-corrected chi connectivity index (χ1v) is 10.8. The summed E-state index contributed by atoms with van der Waals surface area (Å²) in [6.07, 6.45) is 0. The first-order chi connectivity index (χ1) is 14.0. The molecule has 2 heterocycles. The van der Waals surface area contributed by atoms with Crippen molar-refractivity contribution in [3.63, 3.8) is 0 Å². The molecule has 0 unspecified atom stereocenters. The van der Waals surface area contributed by atoms with Crippen molar-refractivity contribution in [2.45, 2.75) is 30.3 Å². The maximum absolute atomic E-state index is 13.0. The van der Waals surface area contributed by atoms with Crippen molar-refractivity contribution >= 4 is 29.3 Å². The molecule has 6 nitrogen and oxygen atoms in total. The smallest absolute Gasteiger partial charge is 0.236 e. The molecule has 3 aromatic rings. The molecule has 1 aliphatic heterocycles. The van der Waals surface area contributed by atoms with Crippen LogP contribution in [0.15, 0.2) is 59.8 Å². The van der Waals surface area contributed by atoms with Crippen molar-refractivity contribution in [1.82, 2.24) is 20.2 Å². The minimum absolute atomic E-state index is 0.0216. The number of amides is 1. The Kier molecular flexibility index (Phi) is 5.78. The third-order valence-corrected chi connectivity index (χ3v) is 6.11. The highest BCUT2D eigenvalue weighted by atomic mass is 35.5. The van der Waals surface area contributed by atoms with Gasteiger partial charge in [-0.25, -0.2) is 4.68 Å². The highest BCUT2D eigenvalue weighted by molar-refractivity contribution is 8.00. The van der Waals surface area contributed by atoms with Crippen molar-refractivity contribution in [2.24, 2.45) is 5.92 Å². The maximum atomic E-state index is 13.0. The molecule has 1 amide bonds. The Labute approximate surface area is 179 Å². The Morgan fingerprint density at radius 3 is 2.59 bits per heavy atom. The van der Waals surface area contributed by atoms with E-state index in [1.807, 2.05) is 59.3 Å². The topological polar surface area (TPSA) is 71.8 Å². The van der Waals surface area contributed by atoms with E-state index in [0.29, 0.717) is 28.5 Å². The first-order valence-electron chi connectivity index (χ1n) is 9.50. The summed E-state index contributed by atoms with van der Waals surface area (Å²) in [7, 11) is 0. The van der Waals surface area contributed by atoms with Gasteiger partial charge in [-0.05, 0) is 23.6 Å². The molecular weight excluding hydrogens is 406 g/mol. The number of thioether (sulfide) groups is 1. The van der Waals surface area contributed by atoms with Gasteiger partial charge in [-0.2, -0.15) is 0 Å². The number of carbonyl (C=O) groups excluding carboxylic acids is 1. The van der Waals surface area contributed by atoms with E-state index in [2.05, 4.69) is 34.8 Å². The van der Waals surface area contributed by atoms with E-state index >= 15 is 0 Å². The summed E-state index contributed by atoms with van der Waals surface area (Å²) in [6, 6.07) is 17.2. The molecular formula is C21H22ClN5OS. The Bertz CT molecular complexity index is 990. The number of aromatic nitrogens is 3. The van der Waals surface area contributed by atoms with Crippen LogP contribution in [0.2, 0.25) is 5.02 Å². The second-order valence-electron chi connectivity index (χ2n) is 7.34. The minimum Gasteiger partial charge on any atom is -0.355 e. The molecule has 8 heteroatoms. The third-order valence-electron chi connectivity index (χ3n) is 4.64. The molecule has 29 heavy (non-hydrogen) atoms. The van der Waals surface area contributed by atoms with Crippen LogP contribution in [-0.4, -0.2) is 32.6 Å². The molecule has 1 aromatic heterocycles. The van der Waals surface area contributed by atoms with Gasteiger partial charge in [0.05, 0.1) is 6.04 Å². The number of hydrogen-bond acceptors (Lipinski definition) is 5. The van der Waals surface area contributed by atoms with E-state index in [1.54, 1.807) is 0 Å². The van der Waals surface area contributed by atoms with Gasteiger partial charge < -0.3 is 10.7 Å². The van der Waals surface area contributed by atoms with Crippen LogP contribution in [0.1, 0.15) is 25.5 Å². The number of nitrogens with one attached hydrogen (secondary N) is 2. The van der Waals surface area contributed by atoms with Gasteiger partial charge in [0.15, 0.2) is 5.82 Å². The lowest BCUT2D eigenvalue weighted by atomic mass is 10.0. The molecule has 2 N–H and O–H groups in total. The number of carbonyl (C=O) groups is 1. The number of benzene rings is 2. The lowest BCUT2D eigenvalue weighted by Crippen LogP contribution is -2.44. The number of halogens is 1. The molecule has 0 saturated carbocycles. The maximum Gasteiger partial charge on any atom is 0.236 e. The van der Waals surface area contributed by atoms with Gasteiger partial charge in [-0.3, -0.25) is 4.79 Å². The lowest BCUT2D eigenvalue weighted by Gasteiger charge is -2.33. The zero-order valence-electron chi connectivity index (χ0n) is 16.2. The first kappa shape index (κ1) is 19.8. The van der Waals surface area contributed by atoms with Gasteiger partial charge in [0, 0.05) is 17.1 Å². The Morgan fingerprint density at radius 1 is 1.17 bits per heavy atom. The van der Waals surface area contributed by atoms with Gasteiger partial charge in [0.2, 0.25) is 11.1 Å². The molecule has 0 fully saturated rings. The van der Waals surface area contributed by atoms with Crippen LogP contribution in [0.25, 0.3) is 11.4 Å². The summed E-state index contributed by atoms with van der Waals surface area (Å²) in [4.78, 5) is 13.0. The van der Waals surface area contributed by atoms with E-state index in [1.165, 1.54) is 11.8 Å². The largest absolute Gasteiger partial charge is 0.355 e. The molecule has 0 bridgehead atoms. The van der Waals surface area contributed by atoms with E-state index in [-0.39, 0.29) is 17.2 Å². The summed E-state index contributed by atoms with van der Waals surface area (Å²) in [6.45, 7) is 4.78. The van der Waals surface area contributed by atoms with Crippen LogP contribution >= 0.6 is 23.4 Å². The van der Waals surface area contributed by atoms with Gasteiger partial charge in [0.1, 0.15) is 5.25 Å². The van der Waals surface area contributed by atoms with Gasteiger partial charge in [-0.1, -0.05) is 79.7 Å². The summed E-state index contributed by atoms with van der Waals surface area (Å²) in [5.74, 6) is 1.07. The standard InChI is InChI=1S/C21H22ClN5OS/c1-13(2)12-23-20(28)18-17(14-8-10-16(22)11-9-14)26-27-19(24-25-21(27)29-18)15-6-4-3-5-7-15/h3-11,13,17-18,26H,12H2,1-2H3,(H,23,28)/t17-,18-/m1/s1. The minimum atomic E-state index is -0.379. The van der Waals surface area contributed by atoms with Crippen LogP contribution in [0.5, 0.6) is 0 Å². The quantitative estimate of drug-likeness (QED) is 0.640. The molecule has 150 valence electrons. The summed E-state index contributed by atoms with van der Waals surface area (Å²) in [5.41, 5.74) is 5.40. The average Bonchev–Trinajstić information content (AvgIpc) is 3.15. The Balaban J connectivity index is 1.70. The number of rotatable bonds is 5. The summed E-state index contributed by atoms with van der Waals surface area (Å²) >= 11 is 7.49. The van der Waals surface area contributed by atoms with Crippen molar-refractivity contribution in [1.29, 1.82) is 0 Å². The normalized spacial score (nSPS) is 18.2. The molecule has 2 aromatic carbocycles. The average molecular weight is 428 g/mol. The zero-order valence-corrected chi connectivity index (χ0v) is 17.7. The predicted molar refractivity (Wildman–Crippen MR) is 117 cm³/mol. The SMILES string of the molecule is CC(C)CNC(=O)[C@@H]1Sc2nnc(-c3ccccc3)n2N[C@@H]1c1ccc(Cl)cc1. The summed E-state index contributed by atoms with van der Waals surface area (Å²) < 4.78 is 1.87. The van der Waals surface area contributed by atoms with Crippen LogP contribution in [0.3, 0.4) is 0 Å². The van der Waals surface area contributed by atoms with Crippen LogP contribution in [0, 0.1) is 5.92 Å². The summed E-state index contributed by atoms with van der Waals surface area (Å²) in [5, 5.41) is 12.7. The van der Waals surface area contributed by atoms with Crippen LogP contribution in [0.4, 0.5) is 0 Å². The highest BCUT2D eigenvalue weighted by Gasteiger charge is 2.37. The number of fused-ring (bicyclic) bond motifs is 1. The number of nitrogens with zero attached hydrogens (tertiary/aromatic N) is 3. The monoisotopic (exact) mass is 427 g/mol. The molecule has 0 spiro atoms. The van der Waals surface area contributed by atoms with Gasteiger partial charge >= 0.3 is 0 Å². The third kappa shape index (κ3) is 4.26. The predicted octanol–water partition coefficient (Wildman–Crippen LogP) is 4.13. The lowest BCUT2D eigenvalue weighted by molar-refractivity contribution is -0.121. The molecule has 0 aliphatic carbocycles. The van der Waals surface area contributed by atoms with Crippen LogP contribution < -0.4 is 10.7 Å². The van der Waals surface area contributed by atoms with Crippen molar-refractivity contribution in [2.75, 3.05) is 12.0 Å². The molecule has 2 atom stereocenters. The zero-order chi connectivity index (χ0) is 20.4. The second-order valence-corrected chi connectivity index (χ2v) is 8.89. The highest BCUT2D eigenvalue weighted by Crippen LogP contribution is 2.38. The van der Waals surface area contributed by atoms with E-state index in [9.17, 15) is 4.79 Å². The van der Waals surface area contributed by atoms with E-state index in [0.717, 1.165) is 11.1 Å². The Hall–Kier alpha value is -2.51. The van der Waals surface area contributed by atoms with Crippen molar-refractivity contribution in [3.8, 4) is 11.4 Å². The molecule has 0 saturated heterocycles.